The van der Waals surface area contributed by atoms with Crippen LogP contribution in [0.4, 0.5) is 13.2 Å². The Morgan fingerprint density at radius 1 is 1.17 bits per heavy atom. The van der Waals surface area contributed by atoms with Gasteiger partial charge in [0.2, 0.25) is 0 Å². The molecule has 0 saturated heterocycles. The Kier molecular flexibility index (Phi) is 4.07. The first-order chi connectivity index (χ1) is 11.4. The van der Waals surface area contributed by atoms with Gasteiger partial charge in [0.1, 0.15) is 18.4 Å². The van der Waals surface area contributed by atoms with Gasteiger partial charge in [-0.25, -0.2) is 0 Å². The lowest BCUT2D eigenvalue weighted by Gasteiger charge is -2.19. The summed E-state index contributed by atoms with van der Waals surface area (Å²) in [4.78, 5) is 12.2. The molecule has 1 amide bonds. The van der Waals surface area contributed by atoms with E-state index in [1.807, 2.05) is 5.32 Å². The molecule has 0 spiro atoms. The Morgan fingerprint density at radius 2 is 1.92 bits per heavy atom. The number of furan rings is 1. The molecule has 2 heterocycles. The predicted molar refractivity (Wildman–Crippen MR) is 76.3 cm³/mol. The molecule has 0 aliphatic rings. The van der Waals surface area contributed by atoms with E-state index in [0.29, 0.717) is 5.69 Å². The normalized spacial score (nSPS) is 12.8. The van der Waals surface area contributed by atoms with Gasteiger partial charge in [0.15, 0.2) is 6.04 Å². The number of nitrogens with zero attached hydrogens (tertiary/aromatic N) is 3. The van der Waals surface area contributed by atoms with Gasteiger partial charge in [-0.2, -0.15) is 13.2 Å². The summed E-state index contributed by atoms with van der Waals surface area (Å²) in [7, 11) is 0. The zero-order chi connectivity index (χ0) is 17.2. The molecule has 0 aliphatic carbocycles. The molecular weight excluding hydrogens is 325 g/mol. The summed E-state index contributed by atoms with van der Waals surface area (Å²) in [6.45, 7) is 0. The Bertz CT molecular complexity index is 814. The van der Waals surface area contributed by atoms with Crippen LogP contribution in [0.15, 0.2) is 59.7 Å². The minimum absolute atomic E-state index is 0.0713. The van der Waals surface area contributed by atoms with Crippen LogP contribution in [0.1, 0.15) is 22.2 Å². The fourth-order valence-corrected chi connectivity index (χ4v) is 2.13. The van der Waals surface area contributed by atoms with E-state index in [0.717, 1.165) is 12.3 Å². The standard InChI is InChI=1S/C15H11F3N4O2/c16-15(17,18)13(12-5-2-6-24-12)21-14(23)10-3-1-4-11(7-10)22-8-19-20-9-22/h1-9,13H,(H,21,23)/t13-/m1/s1. The first kappa shape index (κ1) is 15.8. The molecule has 1 atom stereocenters. The van der Waals surface area contributed by atoms with E-state index in [9.17, 15) is 18.0 Å². The topological polar surface area (TPSA) is 73.0 Å². The van der Waals surface area contributed by atoms with Gasteiger partial charge in [-0.05, 0) is 30.3 Å². The molecular formula is C15H11F3N4O2. The second kappa shape index (κ2) is 6.19. The van der Waals surface area contributed by atoms with Crippen LogP contribution in [0.25, 0.3) is 5.69 Å². The van der Waals surface area contributed by atoms with E-state index in [1.165, 1.54) is 35.4 Å². The summed E-state index contributed by atoms with van der Waals surface area (Å²) in [5.41, 5.74) is 0.621. The van der Waals surface area contributed by atoms with Crippen LogP contribution in [0.2, 0.25) is 0 Å². The first-order valence-electron chi connectivity index (χ1n) is 6.81. The fourth-order valence-electron chi connectivity index (χ4n) is 2.13. The molecule has 0 radical (unpaired) electrons. The molecule has 24 heavy (non-hydrogen) atoms. The highest BCUT2D eigenvalue weighted by atomic mass is 19.4. The summed E-state index contributed by atoms with van der Waals surface area (Å²) in [5, 5.41) is 9.23. The van der Waals surface area contributed by atoms with Crippen molar-refractivity contribution in [2.24, 2.45) is 0 Å². The quantitative estimate of drug-likeness (QED) is 0.795. The molecule has 124 valence electrons. The van der Waals surface area contributed by atoms with Crippen molar-refractivity contribution in [3.05, 3.63) is 66.6 Å². The Morgan fingerprint density at radius 3 is 2.54 bits per heavy atom. The van der Waals surface area contributed by atoms with Gasteiger partial charge in [0, 0.05) is 11.3 Å². The number of carbonyl (C=O) groups is 1. The molecule has 6 nitrogen and oxygen atoms in total. The summed E-state index contributed by atoms with van der Waals surface area (Å²) < 4.78 is 45.8. The molecule has 0 unspecified atom stereocenters. The average Bonchev–Trinajstić information content (AvgIpc) is 3.24. The van der Waals surface area contributed by atoms with Crippen molar-refractivity contribution in [3.8, 4) is 5.69 Å². The number of amides is 1. The number of rotatable bonds is 4. The molecule has 1 N–H and O–H groups in total. The molecule has 0 bridgehead atoms. The molecule has 3 aromatic rings. The average molecular weight is 336 g/mol. The molecule has 0 aliphatic heterocycles. The Hall–Kier alpha value is -3.10. The van der Waals surface area contributed by atoms with Crippen molar-refractivity contribution in [1.82, 2.24) is 20.1 Å². The summed E-state index contributed by atoms with van der Waals surface area (Å²) in [6.07, 6.45) is -0.733. The van der Waals surface area contributed by atoms with Crippen LogP contribution in [0.3, 0.4) is 0 Å². The minimum atomic E-state index is -4.68. The van der Waals surface area contributed by atoms with Gasteiger partial charge >= 0.3 is 6.18 Å². The minimum Gasteiger partial charge on any atom is -0.467 e. The van der Waals surface area contributed by atoms with Crippen molar-refractivity contribution in [2.75, 3.05) is 0 Å². The SMILES string of the molecule is O=C(N[C@H](c1ccco1)C(F)(F)F)c1cccc(-n2cnnc2)c1. The van der Waals surface area contributed by atoms with Crippen LogP contribution in [-0.4, -0.2) is 26.8 Å². The third kappa shape index (κ3) is 3.29. The lowest BCUT2D eigenvalue weighted by Crippen LogP contribution is -2.37. The van der Waals surface area contributed by atoms with Gasteiger partial charge in [-0.15, -0.1) is 10.2 Å². The van der Waals surface area contributed by atoms with Gasteiger partial charge in [0.25, 0.3) is 5.91 Å². The first-order valence-corrected chi connectivity index (χ1v) is 6.81. The fraction of sp³-hybridized carbons (Fsp3) is 0.133. The van der Waals surface area contributed by atoms with E-state index < -0.39 is 18.1 Å². The van der Waals surface area contributed by atoms with E-state index in [-0.39, 0.29) is 11.3 Å². The van der Waals surface area contributed by atoms with Gasteiger partial charge < -0.3 is 9.73 Å². The number of aromatic nitrogens is 3. The third-order valence-corrected chi connectivity index (χ3v) is 3.26. The van der Waals surface area contributed by atoms with Crippen molar-refractivity contribution >= 4 is 5.91 Å². The molecule has 9 heteroatoms. The molecule has 0 saturated carbocycles. The highest BCUT2D eigenvalue weighted by molar-refractivity contribution is 5.95. The number of alkyl halides is 3. The van der Waals surface area contributed by atoms with Crippen molar-refractivity contribution in [2.45, 2.75) is 12.2 Å². The predicted octanol–water partition coefficient (Wildman–Crippen LogP) is 2.89. The highest BCUT2D eigenvalue weighted by Gasteiger charge is 2.43. The Balaban J connectivity index is 1.85. The number of nitrogens with one attached hydrogen (secondary N) is 1. The highest BCUT2D eigenvalue weighted by Crippen LogP contribution is 2.33. The maximum absolute atomic E-state index is 13.2. The lowest BCUT2D eigenvalue weighted by molar-refractivity contribution is -0.158. The van der Waals surface area contributed by atoms with Crippen LogP contribution in [-0.2, 0) is 0 Å². The number of carbonyl (C=O) groups excluding carboxylic acids is 1. The van der Waals surface area contributed by atoms with E-state index >= 15 is 0 Å². The van der Waals surface area contributed by atoms with Gasteiger partial charge in [-0.3, -0.25) is 9.36 Å². The Labute approximate surface area is 133 Å². The maximum atomic E-state index is 13.2. The van der Waals surface area contributed by atoms with Gasteiger partial charge in [0.05, 0.1) is 6.26 Å². The lowest BCUT2D eigenvalue weighted by atomic mass is 10.1. The maximum Gasteiger partial charge on any atom is 0.415 e. The third-order valence-electron chi connectivity index (χ3n) is 3.26. The number of benzene rings is 1. The summed E-state index contributed by atoms with van der Waals surface area (Å²) in [6, 6.07) is 6.35. The smallest absolute Gasteiger partial charge is 0.415 e. The molecule has 0 fully saturated rings. The summed E-state index contributed by atoms with van der Waals surface area (Å²) in [5.74, 6) is -1.26. The molecule has 3 rings (SSSR count). The second-order valence-electron chi connectivity index (χ2n) is 4.88. The van der Waals surface area contributed by atoms with E-state index in [1.54, 1.807) is 12.1 Å². The van der Waals surface area contributed by atoms with E-state index in [4.69, 9.17) is 4.42 Å². The van der Waals surface area contributed by atoms with Crippen LogP contribution < -0.4 is 5.32 Å². The van der Waals surface area contributed by atoms with E-state index in [2.05, 4.69) is 10.2 Å². The molecule has 2 aromatic heterocycles. The van der Waals surface area contributed by atoms with Crippen molar-refractivity contribution in [3.63, 3.8) is 0 Å². The number of hydrogen-bond donors (Lipinski definition) is 1. The monoisotopic (exact) mass is 336 g/mol. The second-order valence-corrected chi connectivity index (χ2v) is 4.88. The van der Waals surface area contributed by atoms with Crippen molar-refractivity contribution < 1.29 is 22.4 Å². The van der Waals surface area contributed by atoms with Gasteiger partial charge in [-0.1, -0.05) is 6.07 Å². The zero-order valence-corrected chi connectivity index (χ0v) is 12.1. The molecule has 1 aromatic carbocycles. The summed E-state index contributed by atoms with van der Waals surface area (Å²) >= 11 is 0. The largest absolute Gasteiger partial charge is 0.467 e. The number of halogens is 3. The van der Waals surface area contributed by atoms with Crippen molar-refractivity contribution in [1.29, 1.82) is 0 Å². The zero-order valence-electron chi connectivity index (χ0n) is 12.1. The number of hydrogen-bond acceptors (Lipinski definition) is 4. The van der Waals surface area contributed by atoms with Crippen LogP contribution in [0.5, 0.6) is 0 Å². The van der Waals surface area contributed by atoms with Crippen LogP contribution in [0, 0.1) is 0 Å². The van der Waals surface area contributed by atoms with Crippen LogP contribution >= 0.6 is 0 Å².